The Bertz CT molecular complexity index is 1010. The minimum absolute atomic E-state index is 0.0701. The lowest BCUT2D eigenvalue weighted by Crippen LogP contribution is -2.43. The fourth-order valence-corrected chi connectivity index (χ4v) is 5.10. The van der Waals surface area contributed by atoms with Crippen molar-refractivity contribution in [2.24, 2.45) is 0 Å². The molecule has 2 aliphatic heterocycles. The first-order valence-corrected chi connectivity index (χ1v) is 12.2. The standard InChI is InChI=1S/C27H36N4O2/c1-19-9-11-23(20(2)16-19)29-27(33)26(32)28-18-25(31-14-5-4-6-15-31)22-10-12-24-21(17-22)8-7-13-30(24)3/h9-12,16-17,25H,4-8,13-15,18H2,1-3H3,(H,28,32)(H,29,33). The highest BCUT2D eigenvalue weighted by Crippen LogP contribution is 2.31. The van der Waals surface area contributed by atoms with Crippen molar-refractivity contribution in [1.29, 1.82) is 0 Å². The molecule has 0 saturated carbocycles. The summed E-state index contributed by atoms with van der Waals surface area (Å²) in [6.07, 6.45) is 5.85. The molecule has 2 N–H and O–H groups in total. The number of fused-ring (bicyclic) bond motifs is 1. The van der Waals surface area contributed by atoms with Crippen molar-refractivity contribution in [3.63, 3.8) is 0 Å². The Morgan fingerprint density at radius 1 is 0.939 bits per heavy atom. The van der Waals surface area contributed by atoms with E-state index in [1.54, 1.807) is 0 Å². The van der Waals surface area contributed by atoms with Crippen molar-refractivity contribution < 1.29 is 9.59 Å². The smallest absolute Gasteiger partial charge is 0.313 e. The number of amides is 2. The highest BCUT2D eigenvalue weighted by molar-refractivity contribution is 6.39. The topological polar surface area (TPSA) is 64.7 Å². The Morgan fingerprint density at radius 3 is 2.48 bits per heavy atom. The molecular formula is C27H36N4O2. The second kappa shape index (κ2) is 10.4. The summed E-state index contributed by atoms with van der Waals surface area (Å²) in [7, 11) is 2.15. The number of piperidine rings is 1. The molecule has 2 amide bonds. The molecule has 6 nitrogen and oxygen atoms in total. The minimum atomic E-state index is -0.619. The third-order valence-electron chi connectivity index (χ3n) is 6.96. The van der Waals surface area contributed by atoms with Gasteiger partial charge in [-0.25, -0.2) is 0 Å². The van der Waals surface area contributed by atoms with E-state index in [2.05, 4.69) is 45.7 Å². The van der Waals surface area contributed by atoms with Crippen LogP contribution in [-0.2, 0) is 16.0 Å². The molecule has 0 spiro atoms. The number of nitrogens with one attached hydrogen (secondary N) is 2. The van der Waals surface area contributed by atoms with Crippen LogP contribution in [-0.4, -0.2) is 49.9 Å². The van der Waals surface area contributed by atoms with Crippen LogP contribution in [0.1, 0.15) is 54.0 Å². The van der Waals surface area contributed by atoms with Gasteiger partial charge in [0, 0.05) is 31.5 Å². The van der Waals surface area contributed by atoms with E-state index in [4.69, 9.17) is 0 Å². The van der Waals surface area contributed by atoms with E-state index in [0.29, 0.717) is 12.2 Å². The number of aryl methyl sites for hydroxylation is 3. The van der Waals surface area contributed by atoms with Crippen molar-refractivity contribution in [1.82, 2.24) is 10.2 Å². The Balaban J connectivity index is 1.46. The number of nitrogens with zero attached hydrogens (tertiary/aromatic N) is 2. The second-order valence-corrected chi connectivity index (χ2v) is 9.51. The molecule has 0 radical (unpaired) electrons. The molecule has 33 heavy (non-hydrogen) atoms. The van der Waals surface area contributed by atoms with Crippen molar-refractivity contribution in [3.8, 4) is 0 Å². The van der Waals surface area contributed by atoms with Gasteiger partial charge in [0.2, 0.25) is 0 Å². The highest BCUT2D eigenvalue weighted by atomic mass is 16.2. The average molecular weight is 449 g/mol. The molecule has 1 saturated heterocycles. The summed E-state index contributed by atoms with van der Waals surface area (Å²) in [6, 6.07) is 12.6. The Labute approximate surface area is 197 Å². The van der Waals surface area contributed by atoms with E-state index in [-0.39, 0.29) is 6.04 Å². The van der Waals surface area contributed by atoms with Gasteiger partial charge in [0.15, 0.2) is 0 Å². The Morgan fingerprint density at radius 2 is 1.73 bits per heavy atom. The first kappa shape index (κ1) is 23.3. The predicted octanol–water partition coefficient (Wildman–Crippen LogP) is 3.97. The van der Waals surface area contributed by atoms with Gasteiger partial charge < -0.3 is 15.5 Å². The van der Waals surface area contributed by atoms with E-state index >= 15 is 0 Å². The molecule has 1 unspecified atom stereocenters. The summed E-state index contributed by atoms with van der Waals surface area (Å²) in [5.41, 5.74) is 6.64. The molecular weight excluding hydrogens is 412 g/mol. The van der Waals surface area contributed by atoms with Gasteiger partial charge in [0.05, 0.1) is 6.04 Å². The number of hydrogen-bond donors (Lipinski definition) is 2. The normalized spacial score (nSPS) is 17.2. The van der Waals surface area contributed by atoms with Gasteiger partial charge in [-0.15, -0.1) is 0 Å². The number of rotatable bonds is 5. The molecule has 2 aromatic rings. The van der Waals surface area contributed by atoms with Gasteiger partial charge in [0.25, 0.3) is 0 Å². The second-order valence-electron chi connectivity index (χ2n) is 9.51. The zero-order chi connectivity index (χ0) is 23.4. The lowest BCUT2D eigenvalue weighted by atomic mass is 9.95. The van der Waals surface area contributed by atoms with Crippen LogP contribution >= 0.6 is 0 Å². The number of hydrogen-bond acceptors (Lipinski definition) is 4. The van der Waals surface area contributed by atoms with Crippen LogP contribution in [0.4, 0.5) is 11.4 Å². The van der Waals surface area contributed by atoms with Crippen LogP contribution in [0.5, 0.6) is 0 Å². The fraction of sp³-hybridized carbons (Fsp3) is 0.481. The van der Waals surface area contributed by atoms with Gasteiger partial charge >= 0.3 is 11.8 Å². The summed E-state index contributed by atoms with van der Waals surface area (Å²) in [6.45, 7) is 7.49. The molecule has 2 aromatic carbocycles. The average Bonchev–Trinajstić information content (AvgIpc) is 2.81. The number of carbonyl (C=O) groups excluding carboxylic acids is 2. The molecule has 1 fully saturated rings. The van der Waals surface area contributed by atoms with E-state index in [1.807, 2.05) is 32.0 Å². The Kier molecular flexibility index (Phi) is 7.33. The zero-order valence-electron chi connectivity index (χ0n) is 20.1. The lowest BCUT2D eigenvalue weighted by Gasteiger charge is -2.36. The molecule has 2 heterocycles. The van der Waals surface area contributed by atoms with Gasteiger partial charge in [-0.3, -0.25) is 14.5 Å². The first-order valence-electron chi connectivity index (χ1n) is 12.2. The zero-order valence-corrected chi connectivity index (χ0v) is 20.1. The molecule has 6 heteroatoms. The van der Waals surface area contributed by atoms with Crippen molar-refractivity contribution in [3.05, 3.63) is 58.7 Å². The monoisotopic (exact) mass is 448 g/mol. The van der Waals surface area contributed by atoms with Gasteiger partial charge in [-0.2, -0.15) is 0 Å². The summed E-state index contributed by atoms with van der Waals surface area (Å²) in [5, 5.41) is 5.67. The summed E-state index contributed by atoms with van der Waals surface area (Å²) in [5.74, 6) is -1.21. The molecule has 1 atom stereocenters. The molecule has 0 aromatic heterocycles. The molecule has 0 aliphatic carbocycles. The summed E-state index contributed by atoms with van der Waals surface area (Å²) >= 11 is 0. The minimum Gasteiger partial charge on any atom is -0.374 e. The largest absolute Gasteiger partial charge is 0.374 e. The van der Waals surface area contributed by atoms with Crippen LogP contribution < -0.4 is 15.5 Å². The third-order valence-corrected chi connectivity index (χ3v) is 6.96. The summed E-state index contributed by atoms with van der Waals surface area (Å²) < 4.78 is 0. The van der Waals surface area contributed by atoms with E-state index in [0.717, 1.165) is 43.6 Å². The third kappa shape index (κ3) is 5.56. The van der Waals surface area contributed by atoms with Crippen molar-refractivity contribution >= 4 is 23.2 Å². The number of likely N-dealkylation sites (tertiary alicyclic amines) is 1. The van der Waals surface area contributed by atoms with Crippen LogP contribution in [0, 0.1) is 13.8 Å². The lowest BCUT2D eigenvalue weighted by molar-refractivity contribution is -0.136. The SMILES string of the molecule is Cc1ccc(NC(=O)C(=O)NCC(c2ccc3c(c2)CCCN3C)N2CCCCC2)c(C)c1. The molecule has 4 rings (SSSR count). The van der Waals surface area contributed by atoms with Crippen LogP contribution in [0.25, 0.3) is 0 Å². The van der Waals surface area contributed by atoms with E-state index in [9.17, 15) is 9.59 Å². The molecule has 2 aliphatic rings. The Hall–Kier alpha value is -2.86. The quantitative estimate of drug-likeness (QED) is 0.680. The summed E-state index contributed by atoms with van der Waals surface area (Å²) in [4.78, 5) is 30.0. The van der Waals surface area contributed by atoms with Crippen LogP contribution in [0.2, 0.25) is 0 Å². The molecule has 0 bridgehead atoms. The van der Waals surface area contributed by atoms with Crippen molar-refractivity contribution in [2.45, 2.75) is 52.0 Å². The first-order chi connectivity index (χ1) is 15.9. The maximum atomic E-state index is 12.7. The van der Waals surface area contributed by atoms with Crippen LogP contribution in [0.3, 0.4) is 0 Å². The maximum absolute atomic E-state index is 12.7. The van der Waals surface area contributed by atoms with Gasteiger partial charge in [-0.05, 0) is 81.4 Å². The van der Waals surface area contributed by atoms with E-state index in [1.165, 1.54) is 36.1 Å². The van der Waals surface area contributed by atoms with Gasteiger partial charge in [0.1, 0.15) is 0 Å². The maximum Gasteiger partial charge on any atom is 0.313 e. The number of benzene rings is 2. The predicted molar refractivity (Wildman–Crippen MR) is 134 cm³/mol. The van der Waals surface area contributed by atoms with Crippen molar-refractivity contribution in [2.75, 3.05) is 43.4 Å². The van der Waals surface area contributed by atoms with Crippen LogP contribution in [0.15, 0.2) is 36.4 Å². The highest BCUT2D eigenvalue weighted by Gasteiger charge is 2.26. The fourth-order valence-electron chi connectivity index (χ4n) is 5.10. The van der Waals surface area contributed by atoms with E-state index < -0.39 is 11.8 Å². The van der Waals surface area contributed by atoms with Gasteiger partial charge in [-0.1, -0.05) is 36.2 Å². The molecule has 176 valence electrons. The number of carbonyl (C=O) groups is 2. The number of anilines is 2.